The minimum Gasteiger partial charge on any atom is -0.507 e. The van der Waals surface area contributed by atoms with Gasteiger partial charge in [-0.3, -0.25) is 0 Å². The fourth-order valence-corrected chi connectivity index (χ4v) is 2.61. The first-order valence-electron chi connectivity index (χ1n) is 6.65. The van der Waals surface area contributed by atoms with Crippen molar-refractivity contribution in [1.82, 2.24) is 10.1 Å². The SMILES string of the molecule is Oc1cc(-c2nc(CC3CCCCO3)no2)ccc1I. The Bertz CT molecular complexity index is 594. The summed E-state index contributed by atoms with van der Waals surface area (Å²) < 4.78 is 11.7. The number of phenolic OH excluding ortho intramolecular Hbond substituents is 1. The van der Waals surface area contributed by atoms with Gasteiger partial charge in [-0.25, -0.2) is 0 Å². The number of nitrogens with zero attached hydrogens (tertiary/aromatic N) is 2. The molecule has 1 aromatic carbocycles. The van der Waals surface area contributed by atoms with Crippen molar-refractivity contribution in [1.29, 1.82) is 0 Å². The van der Waals surface area contributed by atoms with E-state index in [0.717, 1.165) is 28.6 Å². The minimum atomic E-state index is 0.194. The molecular weight excluding hydrogens is 371 g/mol. The minimum absolute atomic E-state index is 0.194. The maximum Gasteiger partial charge on any atom is 0.258 e. The molecule has 2 heterocycles. The highest BCUT2D eigenvalue weighted by Gasteiger charge is 2.18. The molecule has 0 saturated carbocycles. The van der Waals surface area contributed by atoms with Crippen molar-refractivity contribution in [2.75, 3.05) is 6.61 Å². The second kappa shape index (κ2) is 6.09. The smallest absolute Gasteiger partial charge is 0.258 e. The molecule has 0 spiro atoms. The molecule has 3 rings (SSSR count). The van der Waals surface area contributed by atoms with Gasteiger partial charge in [0.2, 0.25) is 0 Å². The molecule has 1 aliphatic heterocycles. The van der Waals surface area contributed by atoms with Crippen LogP contribution in [0.2, 0.25) is 0 Å². The zero-order chi connectivity index (χ0) is 13.9. The molecule has 1 N–H and O–H groups in total. The van der Waals surface area contributed by atoms with Crippen LogP contribution >= 0.6 is 22.6 Å². The number of rotatable bonds is 3. The first-order valence-corrected chi connectivity index (χ1v) is 7.73. The highest BCUT2D eigenvalue weighted by Crippen LogP contribution is 2.26. The molecule has 2 aromatic rings. The summed E-state index contributed by atoms with van der Waals surface area (Å²) in [5.74, 6) is 1.31. The number of halogens is 1. The topological polar surface area (TPSA) is 68.4 Å². The number of hydrogen-bond donors (Lipinski definition) is 1. The summed E-state index contributed by atoms with van der Waals surface area (Å²) in [7, 11) is 0. The monoisotopic (exact) mass is 386 g/mol. The van der Waals surface area contributed by atoms with Gasteiger partial charge in [-0.15, -0.1) is 0 Å². The van der Waals surface area contributed by atoms with E-state index < -0.39 is 0 Å². The third-order valence-corrected chi connectivity index (χ3v) is 4.26. The number of aromatic nitrogens is 2. The average molecular weight is 386 g/mol. The Balaban J connectivity index is 1.73. The molecule has 20 heavy (non-hydrogen) atoms. The lowest BCUT2D eigenvalue weighted by molar-refractivity contribution is 0.0153. The van der Waals surface area contributed by atoms with Crippen LogP contribution in [-0.2, 0) is 11.2 Å². The van der Waals surface area contributed by atoms with E-state index in [1.54, 1.807) is 6.07 Å². The van der Waals surface area contributed by atoms with Gasteiger partial charge in [-0.2, -0.15) is 4.98 Å². The summed E-state index contributed by atoms with van der Waals surface area (Å²) in [4.78, 5) is 4.37. The third kappa shape index (κ3) is 3.12. The van der Waals surface area contributed by atoms with E-state index in [1.807, 2.05) is 12.1 Å². The van der Waals surface area contributed by atoms with Crippen LogP contribution in [0.3, 0.4) is 0 Å². The summed E-state index contributed by atoms with van der Waals surface area (Å²) in [5.41, 5.74) is 0.728. The van der Waals surface area contributed by atoms with Gasteiger partial charge < -0.3 is 14.4 Å². The highest BCUT2D eigenvalue weighted by atomic mass is 127. The van der Waals surface area contributed by atoms with E-state index in [4.69, 9.17) is 9.26 Å². The molecule has 1 saturated heterocycles. The van der Waals surface area contributed by atoms with E-state index >= 15 is 0 Å². The summed E-state index contributed by atoms with van der Waals surface area (Å²) in [5, 5.41) is 13.7. The van der Waals surface area contributed by atoms with Crippen molar-refractivity contribution >= 4 is 22.6 Å². The third-order valence-electron chi connectivity index (χ3n) is 3.35. The van der Waals surface area contributed by atoms with E-state index in [1.165, 1.54) is 6.42 Å². The normalized spacial score (nSPS) is 19.1. The van der Waals surface area contributed by atoms with Crippen LogP contribution in [0, 0.1) is 3.57 Å². The van der Waals surface area contributed by atoms with E-state index in [-0.39, 0.29) is 11.9 Å². The summed E-state index contributed by atoms with van der Waals surface area (Å²) >= 11 is 2.07. The summed E-state index contributed by atoms with van der Waals surface area (Å²) in [6.07, 6.45) is 4.25. The first-order chi connectivity index (χ1) is 9.72. The average Bonchev–Trinajstić information content (AvgIpc) is 2.91. The number of aromatic hydroxyl groups is 1. The van der Waals surface area contributed by atoms with Gasteiger partial charge in [0, 0.05) is 18.6 Å². The molecule has 0 radical (unpaired) electrons. The van der Waals surface area contributed by atoms with Gasteiger partial charge in [0.25, 0.3) is 5.89 Å². The lowest BCUT2D eigenvalue weighted by Crippen LogP contribution is -2.21. The lowest BCUT2D eigenvalue weighted by atomic mass is 10.1. The van der Waals surface area contributed by atoms with Crippen molar-refractivity contribution in [2.45, 2.75) is 31.8 Å². The van der Waals surface area contributed by atoms with Crippen molar-refractivity contribution in [3.8, 4) is 17.2 Å². The lowest BCUT2D eigenvalue weighted by Gasteiger charge is -2.20. The van der Waals surface area contributed by atoms with Gasteiger partial charge >= 0.3 is 0 Å². The second-order valence-corrected chi connectivity index (χ2v) is 6.04. The number of hydrogen-bond acceptors (Lipinski definition) is 5. The van der Waals surface area contributed by atoms with Crippen molar-refractivity contribution in [3.63, 3.8) is 0 Å². The molecule has 1 aliphatic rings. The molecule has 0 bridgehead atoms. The van der Waals surface area contributed by atoms with Gasteiger partial charge in [0.1, 0.15) is 5.75 Å². The maximum atomic E-state index is 9.71. The zero-order valence-corrected chi connectivity index (χ0v) is 13.0. The Labute approximate surface area is 130 Å². The van der Waals surface area contributed by atoms with Crippen LogP contribution in [0.1, 0.15) is 25.1 Å². The van der Waals surface area contributed by atoms with Crippen molar-refractivity contribution < 1.29 is 14.4 Å². The molecule has 1 fully saturated rings. The molecular formula is C14H15IN2O3. The molecule has 0 aliphatic carbocycles. The second-order valence-electron chi connectivity index (χ2n) is 4.87. The predicted octanol–water partition coefficient (Wildman–Crippen LogP) is 3.16. The number of ether oxygens (including phenoxy) is 1. The van der Waals surface area contributed by atoms with Crippen LogP contribution in [0.5, 0.6) is 5.75 Å². The molecule has 5 nitrogen and oxygen atoms in total. The van der Waals surface area contributed by atoms with E-state index in [0.29, 0.717) is 18.1 Å². The molecule has 106 valence electrons. The maximum absolute atomic E-state index is 9.71. The van der Waals surface area contributed by atoms with Gasteiger partial charge in [0.15, 0.2) is 5.82 Å². The standard InChI is InChI=1S/C14H15IN2O3/c15-11-5-4-9(7-12(11)18)14-16-13(17-20-14)8-10-3-1-2-6-19-10/h4-5,7,10,18H,1-3,6,8H2. The fraction of sp³-hybridized carbons (Fsp3) is 0.429. The van der Waals surface area contributed by atoms with Gasteiger partial charge in [0.05, 0.1) is 9.67 Å². The Kier molecular flexibility index (Phi) is 4.21. The molecule has 1 atom stereocenters. The largest absolute Gasteiger partial charge is 0.507 e. The zero-order valence-electron chi connectivity index (χ0n) is 10.9. The van der Waals surface area contributed by atoms with Crippen molar-refractivity contribution in [3.05, 3.63) is 27.6 Å². The molecule has 0 amide bonds. The first kappa shape index (κ1) is 13.8. The van der Waals surface area contributed by atoms with Crippen LogP contribution in [0.4, 0.5) is 0 Å². The van der Waals surface area contributed by atoms with Crippen LogP contribution in [-0.4, -0.2) is 28.0 Å². The highest BCUT2D eigenvalue weighted by molar-refractivity contribution is 14.1. The molecule has 1 unspecified atom stereocenters. The van der Waals surface area contributed by atoms with Crippen LogP contribution in [0.25, 0.3) is 11.5 Å². The Morgan fingerprint density at radius 3 is 3.00 bits per heavy atom. The molecule has 1 aromatic heterocycles. The number of benzene rings is 1. The Hall–Kier alpha value is -1.15. The Morgan fingerprint density at radius 1 is 1.35 bits per heavy atom. The quantitative estimate of drug-likeness (QED) is 0.821. The van der Waals surface area contributed by atoms with E-state index in [2.05, 4.69) is 32.7 Å². The predicted molar refractivity (Wildman–Crippen MR) is 81.4 cm³/mol. The fourth-order valence-electron chi connectivity index (χ4n) is 2.27. The molecule has 6 heteroatoms. The van der Waals surface area contributed by atoms with Crippen LogP contribution in [0.15, 0.2) is 22.7 Å². The number of phenols is 1. The summed E-state index contributed by atoms with van der Waals surface area (Å²) in [6.45, 7) is 0.820. The van der Waals surface area contributed by atoms with Crippen LogP contribution < -0.4 is 0 Å². The van der Waals surface area contributed by atoms with Gasteiger partial charge in [-0.1, -0.05) is 5.16 Å². The van der Waals surface area contributed by atoms with E-state index in [9.17, 15) is 5.11 Å². The van der Waals surface area contributed by atoms with Gasteiger partial charge in [-0.05, 0) is 60.1 Å². The van der Waals surface area contributed by atoms with Crippen molar-refractivity contribution in [2.24, 2.45) is 0 Å². The Morgan fingerprint density at radius 2 is 2.25 bits per heavy atom. The summed E-state index contributed by atoms with van der Waals surface area (Å²) in [6, 6.07) is 5.31.